The molecule has 2 aromatic heterocycles. The van der Waals surface area contributed by atoms with Gasteiger partial charge >= 0.3 is 0 Å². The van der Waals surface area contributed by atoms with Crippen molar-refractivity contribution in [3.63, 3.8) is 0 Å². The lowest BCUT2D eigenvalue weighted by Crippen LogP contribution is -2.37. The van der Waals surface area contributed by atoms with Gasteiger partial charge < -0.3 is 24.8 Å². The summed E-state index contributed by atoms with van der Waals surface area (Å²) >= 11 is 0. The molecule has 3 heterocycles. The van der Waals surface area contributed by atoms with Gasteiger partial charge in [0, 0.05) is 70.0 Å². The Morgan fingerprint density at radius 1 is 0.718 bits per heavy atom. The van der Waals surface area contributed by atoms with Crippen LogP contribution in [0.3, 0.4) is 0 Å². The normalized spacial score (nSPS) is 19.2. The molecule has 1 unspecified atom stereocenters. The molecule has 5 aliphatic carbocycles. The molecule has 0 spiro atoms. The number of nitrogens with one attached hydrogen (secondary N) is 3. The average molecular weight is 1060 g/mol. The second kappa shape index (κ2) is 21.8. The number of ether oxygens (including phenoxy) is 3. The van der Waals surface area contributed by atoms with Crippen LogP contribution in [0, 0.1) is 11.8 Å². The van der Waals surface area contributed by atoms with Crippen LogP contribution in [0.2, 0.25) is 25.7 Å². The first-order valence-corrected chi connectivity index (χ1v) is 33.4. The molecule has 10 rings (SSSR count). The number of halogens is 1. The Hall–Kier alpha value is -3.43. The number of benzene rings is 2. The van der Waals surface area contributed by atoms with Gasteiger partial charge in [0.05, 0.1) is 11.2 Å². The van der Waals surface area contributed by atoms with Crippen LogP contribution in [0.1, 0.15) is 130 Å². The van der Waals surface area contributed by atoms with E-state index >= 15 is 0 Å². The number of nitrogens with zero attached hydrogens (tertiary/aromatic N) is 6. The Morgan fingerprint density at radius 3 is 1.72 bits per heavy atom. The zero-order valence-electron chi connectivity index (χ0n) is 43.6. The van der Waals surface area contributed by atoms with E-state index in [0.29, 0.717) is 31.6 Å². The van der Waals surface area contributed by atoms with Gasteiger partial charge in [-0.2, -0.15) is 14.3 Å². The van der Waals surface area contributed by atoms with Crippen LogP contribution >= 0.6 is 10.7 Å². The SMILES string of the molecule is COC(C)(C)C1CCCC1.COC(C)(C)C1CCN(S(=O)(=O)c2nc(Nc3c4c(cc5c3CCC5)CCC4)n[nH]2)C1.C[Si](C)(C)CCOCn1nc(S(=O)(=O)Cl)nc1Nc1c2c(cc3c1CCC3)CCC2. The standard InChI is InChI=1S/C22H31N5O3S.C20H29ClN4O3SSi.C9H18O/c1-22(2,30-3)16-10-11-27(13-16)31(28,29)21-24-20(25-26-21)23-19-17-8-4-6-14(17)12-15-7-5-9-18(15)19;1-30(2,3)11-10-28-13-25-19(23-20(24-25)29(21,26)27)22-18-16-8-4-6-14(16)12-15-7-5-9-17(15)18;1-9(2,10-3)8-6-4-5-7-8/h12,16H,4-11,13H2,1-3H3,(H2,23,24,25,26);12H,4-11,13H2,1-3H3,(H,22,23,24);8H,4-7H2,1-3H3. The van der Waals surface area contributed by atoms with Crippen LogP contribution in [-0.4, -0.2) is 104 Å². The molecule has 0 amide bonds. The Kier molecular flexibility index (Phi) is 16.5. The number of methoxy groups -OCH3 is 2. The number of aromatic amines is 1. The Labute approximate surface area is 428 Å². The minimum absolute atomic E-state index is 0.102. The summed E-state index contributed by atoms with van der Waals surface area (Å²) in [4.78, 5) is 8.55. The van der Waals surface area contributed by atoms with Gasteiger partial charge in [-0.05, 0) is 180 Å². The van der Waals surface area contributed by atoms with Crippen LogP contribution in [0.15, 0.2) is 22.4 Å². The molecule has 2 aromatic carbocycles. The van der Waals surface area contributed by atoms with Crippen LogP contribution < -0.4 is 10.6 Å². The van der Waals surface area contributed by atoms with E-state index in [1.165, 1.54) is 79.2 Å². The fraction of sp³-hybridized carbons (Fsp3) is 0.686. The number of fused-ring (bicyclic) bond motifs is 4. The van der Waals surface area contributed by atoms with E-state index < -0.39 is 32.3 Å². The van der Waals surface area contributed by atoms with Gasteiger partial charge in [-0.1, -0.05) is 44.6 Å². The molecule has 1 saturated carbocycles. The number of rotatable bonds is 16. The molecule has 16 nitrogen and oxygen atoms in total. The molecule has 6 aliphatic rings. The maximum absolute atomic E-state index is 13.2. The van der Waals surface area contributed by atoms with E-state index in [0.717, 1.165) is 107 Å². The van der Waals surface area contributed by atoms with Gasteiger partial charge in [-0.15, -0.1) is 10.2 Å². The van der Waals surface area contributed by atoms with Gasteiger partial charge in [0.1, 0.15) is 6.73 Å². The molecule has 71 heavy (non-hydrogen) atoms. The van der Waals surface area contributed by atoms with Crippen LogP contribution in [-0.2, 0) is 91.4 Å². The Morgan fingerprint density at radius 2 is 1.23 bits per heavy atom. The zero-order chi connectivity index (χ0) is 50.9. The molecular formula is C51H78ClN9O7S2Si. The summed E-state index contributed by atoms with van der Waals surface area (Å²) in [6.07, 6.45) is 19.4. The molecule has 1 atom stereocenters. The van der Waals surface area contributed by atoms with E-state index in [1.807, 2.05) is 21.0 Å². The van der Waals surface area contributed by atoms with Crippen molar-refractivity contribution in [3.8, 4) is 0 Å². The number of aromatic nitrogens is 6. The molecule has 4 aromatic rings. The third-order valence-corrected chi connectivity index (χ3v) is 20.5. The van der Waals surface area contributed by atoms with Crippen molar-refractivity contribution in [2.75, 3.05) is 44.5 Å². The average Bonchev–Trinajstić information content (AvgIpc) is 4.17. The third kappa shape index (κ3) is 12.4. The number of aryl methyl sites for hydroxylation is 4. The maximum Gasteiger partial charge on any atom is 0.298 e. The van der Waals surface area contributed by atoms with E-state index in [4.69, 9.17) is 24.9 Å². The summed E-state index contributed by atoms with van der Waals surface area (Å²) in [5.41, 5.74) is 12.9. The van der Waals surface area contributed by atoms with Crippen molar-refractivity contribution < 1.29 is 31.0 Å². The number of H-pyrrole nitrogens is 1. The fourth-order valence-corrected chi connectivity index (χ4v) is 14.0. The maximum atomic E-state index is 13.2. The van der Waals surface area contributed by atoms with Crippen molar-refractivity contribution in [3.05, 3.63) is 56.6 Å². The van der Waals surface area contributed by atoms with E-state index in [-0.39, 0.29) is 29.0 Å². The highest BCUT2D eigenvalue weighted by Crippen LogP contribution is 2.42. The molecular weight excluding hydrogens is 978 g/mol. The predicted molar refractivity (Wildman–Crippen MR) is 282 cm³/mol. The van der Waals surface area contributed by atoms with Crippen LogP contribution in [0.25, 0.3) is 0 Å². The minimum Gasteiger partial charge on any atom is -0.379 e. The summed E-state index contributed by atoms with van der Waals surface area (Å²) in [5, 5.41) is 17.3. The van der Waals surface area contributed by atoms with Gasteiger partial charge in [0.2, 0.25) is 11.9 Å². The number of hydrogen-bond acceptors (Lipinski definition) is 13. The van der Waals surface area contributed by atoms with E-state index in [2.05, 4.69) is 81.5 Å². The quantitative estimate of drug-likeness (QED) is 0.0546. The molecule has 0 radical (unpaired) electrons. The molecule has 2 fully saturated rings. The Bertz CT molecular complexity index is 2700. The third-order valence-electron chi connectivity index (χ3n) is 16.1. The molecule has 3 N–H and O–H groups in total. The summed E-state index contributed by atoms with van der Waals surface area (Å²) in [5.74, 6) is 1.62. The first-order chi connectivity index (χ1) is 33.6. The highest BCUT2D eigenvalue weighted by molar-refractivity contribution is 8.13. The van der Waals surface area contributed by atoms with E-state index in [1.54, 1.807) is 7.11 Å². The largest absolute Gasteiger partial charge is 0.379 e. The topological polar surface area (TPSA) is 196 Å². The number of anilines is 4. The van der Waals surface area contributed by atoms with Crippen molar-refractivity contribution in [1.29, 1.82) is 0 Å². The van der Waals surface area contributed by atoms with Crippen molar-refractivity contribution >= 4 is 61.1 Å². The molecule has 0 bridgehead atoms. The fourth-order valence-electron chi connectivity index (χ4n) is 11.3. The molecule has 1 saturated heterocycles. The zero-order valence-corrected chi connectivity index (χ0v) is 47.0. The number of sulfonamides is 1. The van der Waals surface area contributed by atoms with Gasteiger partial charge in [0.15, 0.2) is 0 Å². The number of hydrogen-bond donors (Lipinski definition) is 3. The summed E-state index contributed by atoms with van der Waals surface area (Å²) in [6.45, 7) is 16.9. The van der Waals surface area contributed by atoms with Crippen LogP contribution in [0.4, 0.5) is 23.3 Å². The predicted octanol–water partition coefficient (Wildman–Crippen LogP) is 9.80. The monoisotopic (exact) mass is 1060 g/mol. The lowest BCUT2D eigenvalue weighted by Gasteiger charge is -2.29. The highest BCUT2D eigenvalue weighted by atomic mass is 35.7. The summed E-state index contributed by atoms with van der Waals surface area (Å²) < 4.78 is 69.8. The molecule has 1 aliphatic heterocycles. The Balaban J connectivity index is 0.000000160. The van der Waals surface area contributed by atoms with Crippen LogP contribution in [0.5, 0.6) is 0 Å². The first kappa shape index (κ1) is 53.8. The molecule has 392 valence electrons. The summed E-state index contributed by atoms with van der Waals surface area (Å²) in [7, 11) is 0.0333. The van der Waals surface area contributed by atoms with Gasteiger partial charge in [-0.3, -0.25) is 0 Å². The van der Waals surface area contributed by atoms with Crippen molar-refractivity contribution in [2.24, 2.45) is 11.8 Å². The lowest BCUT2D eigenvalue weighted by molar-refractivity contribution is -0.0256. The first-order valence-electron chi connectivity index (χ1n) is 25.9. The van der Waals surface area contributed by atoms with Crippen molar-refractivity contribution in [1.82, 2.24) is 34.3 Å². The second-order valence-electron chi connectivity index (χ2n) is 22.6. The minimum atomic E-state index is -4.03. The van der Waals surface area contributed by atoms with Gasteiger partial charge in [0.25, 0.3) is 29.4 Å². The second-order valence-corrected chi connectivity index (χ2v) is 32.6. The van der Waals surface area contributed by atoms with Crippen molar-refractivity contribution in [2.45, 2.75) is 191 Å². The lowest BCUT2D eigenvalue weighted by atomic mass is 9.89. The molecule has 20 heteroatoms. The summed E-state index contributed by atoms with van der Waals surface area (Å²) in [6, 6.07) is 5.74. The highest BCUT2D eigenvalue weighted by Gasteiger charge is 2.41. The smallest absolute Gasteiger partial charge is 0.298 e. The van der Waals surface area contributed by atoms with E-state index in [9.17, 15) is 16.8 Å². The van der Waals surface area contributed by atoms with Gasteiger partial charge in [-0.25, -0.2) is 26.6 Å².